The molecule has 76 valence electrons. The molecule has 0 aromatic heterocycles. The average Bonchev–Trinajstić information content (AvgIpc) is 2.87. The van der Waals surface area contributed by atoms with Crippen LogP contribution in [0, 0.1) is 5.92 Å². The maximum absolute atomic E-state index is 5.77. The first kappa shape index (κ1) is 9.44. The molecule has 0 amide bonds. The molecule has 0 spiro atoms. The topological polar surface area (TPSA) is 47.3 Å². The van der Waals surface area contributed by atoms with Gasteiger partial charge in [-0.15, -0.1) is 0 Å². The largest absolute Gasteiger partial charge is 0.381 e. The van der Waals surface area contributed by atoms with Crippen molar-refractivity contribution in [2.75, 3.05) is 20.2 Å². The molecule has 0 radical (unpaired) electrons. The van der Waals surface area contributed by atoms with E-state index in [4.69, 9.17) is 10.5 Å². The van der Waals surface area contributed by atoms with Crippen molar-refractivity contribution in [1.82, 2.24) is 5.32 Å². The lowest BCUT2D eigenvalue weighted by atomic mass is 9.74. The SMILES string of the molecule is COC1CC(CN)(NCC2CC2)C1. The first-order valence-electron chi connectivity index (χ1n) is 5.26. The molecule has 0 aliphatic heterocycles. The van der Waals surface area contributed by atoms with E-state index in [1.807, 2.05) is 0 Å². The van der Waals surface area contributed by atoms with Gasteiger partial charge in [0.05, 0.1) is 6.10 Å². The lowest BCUT2D eigenvalue weighted by Crippen LogP contribution is -2.62. The van der Waals surface area contributed by atoms with Gasteiger partial charge >= 0.3 is 0 Å². The molecule has 2 aliphatic rings. The smallest absolute Gasteiger partial charge is 0.0607 e. The first-order chi connectivity index (χ1) is 6.28. The summed E-state index contributed by atoms with van der Waals surface area (Å²) in [7, 11) is 1.78. The zero-order chi connectivity index (χ0) is 9.31. The van der Waals surface area contributed by atoms with Crippen LogP contribution in [0.25, 0.3) is 0 Å². The zero-order valence-corrected chi connectivity index (χ0v) is 8.38. The highest BCUT2D eigenvalue weighted by molar-refractivity contribution is 5.03. The summed E-state index contributed by atoms with van der Waals surface area (Å²) in [6.07, 6.45) is 5.43. The number of methoxy groups -OCH3 is 1. The summed E-state index contributed by atoms with van der Waals surface area (Å²) in [5.74, 6) is 0.935. The molecule has 0 unspecified atom stereocenters. The van der Waals surface area contributed by atoms with Gasteiger partial charge in [-0.3, -0.25) is 0 Å². The van der Waals surface area contributed by atoms with E-state index in [0.717, 1.165) is 31.8 Å². The summed E-state index contributed by atoms with van der Waals surface area (Å²) in [5, 5.41) is 3.60. The maximum atomic E-state index is 5.77. The van der Waals surface area contributed by atoms with Gasteiger partial charge in [0.1, 0.15) is 0 Å². The van der Waals surface area contributed by atoms with Crippen LogP contribution in [0.5, 0.6) is 0 Å². The van der Waals surface area contributed by atoms with E-state index in [9.17, 15) is 0 Å². The van der Waals surface area contributed by atoms with Crippen LogP contribution in [0.2, 0.25) is 0 Å². The number of hydrogen-bond donors (Lipinski definition) is 2. The van der Waals surface area contributed by atoms with Gasteiger partial charge in [0.2, 0.25) is 0 Å². The summed E-state index contributed by atoms with van der Waals surface area (Å²) < 4.78 is 5.27. The molecule has 3 N–H and O–H groups in total. The second-order valence-corrected chi connectivity index (χ2v) is 4.57. The van der Waals surface area contributed by atoms with Crippen LogP contribution in [0.1, 0.15) is 25.7 Å². The Hall–Kier alpha value is -0.120. The molecule has 0 aromatic rings. The molecule has 2 aliphatic carbocycles. The number of nitrogens with one attached hydrogen (secondary N) is 1. The van der Waals surface area contributed by atoms with Crippen molar-refractivity contribution < 1.29 is 4.74 Å². The highest BCUT2D eigenvalue weighted by Crippen LogP contribution is 2.35. The fourth-order valence-electron chi connectivity index (χ4n) is 2.04. The van der Waals surface area contributed by atoms with Gasteiger partial charge in [-0.1, -0.05) is 0 Å². The van der Waals surface area contributed by atoms with Crippen LogP contribution in [0.3, 0.4) is 0 Å². The first-order valence-corrected chi connectivity index (χ1v) is 5.26. The second kappa shape index (κ2) is 3.56. The third-order valence-corrected chi connectivity index (χ3v) is 3.42. The monoisotopic (exact) mass is 184 g/mol. The van der Waals surface area contributed by atoms with E-state index in [2.05, 4.69) is 5.32 Å². The zero-order valence-electron chi connectivity index (χ0n) is 8.38. The van der Waals surface area contributed by atoms with Crippen LogP contribution in [-0.4, -0.2) is 31.8 Å². The van der Waals surface area contributed by atoms with Crippen molar-refractivity contribution >= 4 is 0 Å². The van der Waals surface area contributed by atoms with Gasteiger partial charge in [0.25, 0.3) is 0 Å². The Morgan fingerprint density at radius 2 is 2.15 bits per heavy atom. The lowest BCUT2D eigenvalue weighted by Gasteiger charge is -2.47. The van der Waals surface area contributed by atoms with Crippen LogP contribution in [-0.2, 0) is 4.74 Å². The Morgan fingerprint density at radius 1 is 1.46 bits per heavy atom. The molecule has 0 atom stereocenters. The van der Waals surface area contributed by atoms with Crippen molar-refractivity contribution in [3.05, 3.63) is 0 Å². The summed E-state index contributed by atoms with van der Waals surface area (Å²) in [5.41, 5.74) is 5.99. The summed E-state index contributed by atoms with van der Waals surface area (Å²) in [4.78, 5) is 0. The second-order valence-electron chi connectivity index (χ2n) is 4.57. The molecule has 3 nitrogen and oxygen atoms in total. The minimum Gasteiger partial charge on any atom is -0.381 e. The molecule has 0 aromatic carbocycles. The Labute approximate surface area is 80.0 Å². The van der Waals surface area contributed by atoms with Crippen LogP contribution < -0.4 is 11.1 Å². The van der Waals surface area contributed by atoms with Gasteiger partial charge in [0, 0.05) is 19.2 Å². The number of nitrogens with two attached hydrogens (primary N) is 1. The molecule has 0 saturated heterocycles. The minimum atomic E-state index is 0.212. The van der Waals surface area contributed by atoms with E-state index in [-0.39, 0.29) is 5.54 Å². The maximum Gasteiger partial charge on any atom is 0.0607 e. The predicted molar refractivity (Wildman–Crippen MR) is 52.5 cm³/mol. The molecular formula is C10H20N2O. The standard InChI is InChI=1S/C10H20N2O/c1-13-9-4-10(5-9,7-11)12-6-8-2-3-8/h8-9,12H,2-7,11H2,1H3. The predicted octanol–water partition coefficient (Wildman–Crippen LogP) is 0.492. The van der Waals surface area contributed by atoms with E-state index in [0.29, 0.717) is 6.10 Å². The van der Waals surface area contributed by atoms with Gasteiger partial charge in [0.15, 0.2) is 0 Å². The van der Waals surface area contributed by atoms with Gasteiger partial charge < -0.3 is 15.8 Å². The van der Waals surface area contributed by atoms with E-state index in [1.54, 1.807) is 7.11 Å². The average molecular weight is 184 g/mol. The van der Waals surface area contributed by atoms with Crippen molar-refractivity contribution in [3.8, 4) is 0 Å². The van der Waals surface area contributed by atoms with E-state index in [1.165, 1.54) is 12.8 Å². The third kappa shape index (κ3) is 2.03. The fraction of sp³-hybridized carbons (Fsp3) is 1.00. The van der Waals surface area contributed by atoms with Crippen molar-refractivity contribution in [2.45, 2.75) is 37.3 Å². The molecule has 0 heterocycles. The van der Waals surface area contributed by atoms with Crippen molar-refractivity contribution in [1.29, 1.82) is 0 Å². The van der Waals surface area contributed by atoms with Gasteiger partial charge in [-0.25, -0.2) is 0 Å². The Balaban J connectivity index is 1.73. The number of rotatable bonds is 5. The van der Waals surface area contributed by atoms with E-state index >= 15 is 0 Å². The van der Waals surface area contributed by atoms with Crippen LogP contribution >= 0.6 is 0 Å². The Bertz CT molecular complexity index is 174. The van der Waals surface area contributed by atoms with E-state index < -0.39 is 0 Å². The van der Waals surface area contributed by atoms with Crippen LogP contribution in [0.15, 0.2) is 0 Å². The summed E-state index contributed by atoms with van der Waals surface area (Å²) in [6.45, 7) is 1.91. The Morgan fingerprint density at radius 3 is 2.62 bits per heavy atom. The summed E-state index contributed by atoms with van der Waals surface area (Å²) >= 11 is 0. The fourth-order valence-corrected chi connectivity index (χ4v) is 2.04. The highest BCUT2D eigenvalue weighted by Gasteiger charge is 2.43. The van der Waals surface area contributed by atoms with Crippen LogP contribution in [0.4, 0.5) is 0 Å². The molecule has 13 heavy (non-hydrogen) atoms. The van der Waals surface area contributed by atoms with Crippen molar-refractivity contribution in [2.24, 2.45) is 11.7 Å². The molecule has 3 heteroatoms. The molecule has 2 saturated carbocycles. The highest BCUT2D eigenvalue weighted by atomic mass is 16.5. The minimum absolute atomic E-state index is 0.212. The Kier molecular flexibility index (Phi) is 2.58. The molecule has 2 fully saturated rings. The molecule has 2 rings (SSSR count). The number of ether oxygens (including phenoxy) is 1. The quantitative estimate of drug-likeness (QED) is 0.654. The normalized spacial score (nSPS) is 38.8. The lowest BCUT2D eigenvalue weighted by molar-refractivity contribution is -0.0267. The van der Waals surface area contributed by atoms with Gasteiger partial charge in [-0.05, 0) is 38.1 Å². The molecule has 0 bridgehead atoms. The summed E-state index contributed by atoms with van der Waals surface area (Å²) in [6, 6.07) is 0. The van der Waals surface area contributed by atoms with Gasteiger partial charge in [-0.2, -0.15) is 0 Å². The third-order valence-electron chi connectivity index (χ3n) is 3.42. The number of hydrogen-bond acceptors (Lipinski definition) is 3. The van der Waals surface area contributed by atoms with Crippen molar-refractivity contribution in [3.63, 3.8) is 0 Å². The molecular weight excluding hydrogens is 164 g/mol.